The first-order valence-electron chi connectivity index (χ1n) is 11.1. The number of ether oxygens (including phenoxy) is 1. The SMILES string of the molecule is CCOc1ccc2c(c1)c(=O)c(C(N)=O)cn2Cc1cccc(CN2CCNCC2C)c1. The number of aromatic nitrogens is 1. The average molecular weight is 435 g/mol. The molecule has 7 nitrogen and oxygen atoms in total. The van der Waals surface area contributed by atoms with Gasteiger partial charge in [0, 0.05) is 45.0 Å². The zero-order valence-electron chi connectivity index (χ0n) is 18.6. The third kappa shape index (κ3) is 4.69. The number of nitrogens with zero attached hydrogens (tertiary/aromatic N) is 2. The maximum Gasteiger partial charge on any atom is 0.254 e. The van der Waals surface area contributed by atoms with Crippen molar-refractivity contribution in [2.75, 3.05) is 26.2 Å². The Morgan fingerprint density at radius 2 is 1.97 bits per heavy atom. The zero-order chi connectivity index (χ0) is 22.7. The van der Waals surface area contributed by atoms with Gasteiger partial charge in [0.25, 0.3) is 5.91 Å². The number of hydrogen-bond acceptors (Lipinski definition) is 5. The first-order valence-corrected chi connectivity index (χ1v) is 11.1. The number of carbonyl (C=O) groups excluding carboxylic acids is 1. The molecule has 1 atom stereocenters. The summed E-state index contributed by atoms with van der Waals surface area (Å²) >= 11 is 0. The molecule has 4 rings (SSSR count). The standard InChI is InChI=1S/C25H30N4O3/c1-3-32-20-7-8-23-21(12-20)24(30)22(25(26)31)16-29(23)15-19-6-4-5-18(11-19)14-28-10-9-27-13-17(28)2/h4-8,11-12,16-17,27H,3,9-10,13-15H2,1-2H3,(H2,26,31). The Bertz CT molecular complexity index is 1190. The second kappa shape index (κ2) is 9.54. The van der Waals surface area contributed by atoms with Crippen molar-refractivity contribution >= 4 is 16.8 Å². The number of nitrogens with two attached hydrogens (primary N) is 1. The molecule has 0 saturated carbocycles. The second-order valence-corrected chi connectivity index (χ2v) is 8.32. The molecule has 1 aliphatic heterocycles. The molecular weight excluding hydrogens is 404 g/mol. The minimum absolute atomic E-state index is 0.0167. The van der Waals surface area contributed by atoms with Crippen LogP contribution >= 0.6 is 0 Å². The van der Waals surface area contributed by atoms with Gasteiger partial charge in [-0.05, 0) is 43.2 Å². The van der Waals surface area contributed by atoms with Crippen LogP contribution in [0.25, 0.3) is 10.9 Å². The lowest BCUT2D eigenvalue weighted by Crippen LogP contribution is -2.49. The zero-order valence-corrected chi connectivity index (χ0v) is 18.6. The molecule has 1 aromatic heterocycles. The van der Waals surface area contributed by atoms with Crippen LogP contribution in [0.5, 0.6) is 5.75 Å². The summed E-state index contributed by atoms with van der Waals surface area (Å²) in [6.07, 6.45) is 1.57. The molecular formula is C25H30N4O3. The van der Waals surface area contributed by atoms with Crippen molar-refractivity contribution in [2.45, 2.75) is 33.0 Å². The quantitative estimate of drug-likeness (QED) is 0.596. The van der Waals surface area contributed by atoms with E-state index in [4.69, 9.17) is 10.5 Å². The number of amides is 1. The summed E-state index contributed by atoms with van der Waals surface area (Å²) in [5.74, 6) is -0.133. The second-order valence-electron chi connectivity index (χ2n) is 8.32. The van der Waals surface area contributed by atoms with Crippen LogP contribution in [0.4, 0.5) is 0 Å². The largest absolute Gasteiger partial charge is 0.494 e. The molecule has 3 aromatic rings. The molecule has 0 aliphatic carbocycles. The third-order valence-electron chi connectivity index (χ3n) is 6.00. The summed E-state index contributed by atoms with van der Waals surface area (Å²) in [5.41, 5.74) is 8.21. The maximum absolute atomic E-state index is 12.9. The van der Waals surface area contributed by atoms with E-state index in [1.165, 1.54) is 5.56 Å². The first-order chi connectivity index (χ1) is 15.5. The van der Waals surface area contributed by atoms with Gasteiger partial charge in [0.2, 0.25) is 5.43 Å². The first kappa shape index (κ1) is 22.0. The lowest BCUT2D eigenvalue weighted by atomic mass is 10.1. The predicted octanol–water partition coefficient (Wildman–Crippen LogP) is 2.34. The number of piperazine rings is 1. The smallest absolute Gasteiger partial charge is 0.254 e. The van der Waals surface area contributed by atoms with Crippen LogP contribution < -0.4 is 21.2 Å². The molecule has 1 unspecified atom stereocenters. The summed E-state index contributed by atoms with van der Waals surface area (Å²) < 4.78 is 7.47. The van der Waals surface area contributed by atoms with Gasteiger partial charge in [0.1, 0.15) is 11.3 Å². The van der Waals surface area contributed by atoms with Gasteiger partial charge in [-0.1, -0.05) is 24.3 Å². The number of fused-ring (bicyclic) bond motifs is 1. The normalized spacial score (nSPS) is 16.9. The van der Waals surface area contributed by atoms with Crippen molar-refractivity contribution in [1.82, 2.24) is 14.8 Å². The highest BCUT2D eigenvalue weighted by atomic mass is 16.5. The molecule has 7 heteroatoms. The number of hydrogen-bond donors (Lipinski definition) is 2. The summed E-state index contributed by atoms with van der Waals surface area (Å²) in [5, 5.41) is 3.85. The highest BCUT2D eigenvalue weighted by Crippen LogP contribution is 2.21. The van der Waals surface area contributed by atoms with Gasteiger partial charge in [-0.25, -0.2) is 0 Å². The van der Waals surface area contributed by atoms with Crippen LogP contribution in [-0.2, 0) is 13.1 Å². The molecule has 2 aromatic carbocycles. The summed E-state index contributed by atoms with van der Waals surface area (Å²) in [6.45, 7) is 9.08. The van der Waals surface area contributed by atoms with Gasteiger partial charge in [-0.2, -0.15) is 0 Å². The Hall–Kier alpha value is -3.16. The molecule has 168 valence electrons. The van der Waals surface area contributed by atoms with Crippen LogP contribution in [0.1, 0.15) is 35.3 Å². The van der Waals surface area contributed by atoms with E-state index in [9.17, 15) is 9.59 Å². The van der Waals surface area contributed by atoms with Gasteiger partial charge in [-0.3, -0.25) is 14.5 Å². The maximum atomic E-state index is 12.9. The van der Waals surface area contributed by atoms with E-state index in [1.54, 1.807) is 12.3 Å². The van der Waals surface area contributed by atoms with Crippen LogP contribution in [0.2, 0.25) is 0 Å². The van der Waals surface area contributed by atoms with Gasteiger partial charge in [0.15, 0.2) is 0 Å². The molecule has 0 spiro atoms. The molecule has 1 aliphatic rings. The predicted molar refractivity (Wildman–Crippen MR) is 126 cm³/mol. The van der Waals surface area contributed by atoms with E-state index in [-0.39, 0.29) is 11.0 Å². The lowest BCUT2D eigenvalue weighted by molar-refractivity contribution is 0.0998. The van der Waals surface area contributed by atoms with E-state index in [0.717, 1.165) is 37.3 Å². The van der Waals surface area contributed by atoms with Crippen molar-refractivity contribution < 1.29 is 9.53 Å². The van der Waals surface area contributed by atoms with E-state index in [1.807, 2.05) is 23.6 Å². The molecule has 0 radical (unpaired) electrons. The summed E-state index contributed by atoms with van der Waals surface area (Å²) in [6, 6.07) is 14.3. The van der Waals surface area contributed by atoms with Gasteiger partial charge in [-0.15, -0.1) is 0 Å². The minimum atomic E-state index is -0.728. The van der Waals surface area contributed by atoms with Crippen LogP contribution in [0.3, 0.4) is 0 Å². The Kier molecular flexibility index (Phi) is 6.58. The Morgan fingerprint density at radius 3 is 2.69 bits per heavy atom. The van der Waals surface area contributed by atoms with Gasteiger partial charge >= 0.3 is 0 Å². The number of carbonyl (C=O) groups is 1. The molecule has 2 heterocycles. The number of pyridine rings is 1. The fraction of sp³-hybridized carbons (Fsp3) is 0.360. The summed E-state index contributed by atoms with van der Waals surface area (Å²) in [7, 11) is 0. The van der Waals surface area contributed by atoms with E-state index in [0.29, 0.717) is 30.3 Å². The number of rotatable bonds is 7. The van der Waals surface area contributed by atoms with Crippen molar-refractivity contribution in [2.24, 2.45) is 5.73 Å². The topological polar surface area (TPSA) is 89.6 Å². The Morgan fingerprint density at radius 1 is 1.19 bits per heavy atom. The van der Waals surface area contributed by atoms with E-state index < -0.39 is 5.91 Å². The van der Waals surface area contributed by atoms with Crippen LogP contribution in [-0.4, -0.2) is 47.7 Å². The van der Waals surface area contributed by atoms with Crippen molar-refractivity contribution in [3.05, 3.63) is 75.6 Å². The molecule has 1 amide bonds. The number of benzene rings is 2. The van der Waals surface area contributed by atoms with Crippen molar-refractivity contribution in [1.29, 1.82) is 0 Å². The fourth-order valence-electron chi connectivity index (χ4n) is 4.31. The lowest BCUT2D eigenvalue weighted by Gasteiger charge is -2.34. The van der Waals surface area contributed by atoms with Crippen molar-refractivity contribution in [3.8, 4) is 5.75 Å². The molecule has 1 saturated heterocycles. The fourth-order valence-corrected chi connectivity index (χ4v) is 4.31. The van der Waals surface area contributed by atoms with Gasteiger partial charge < -0.3 is 20.4 Å². The highest BCUT2D eigenvalue weighted by Gasteiger charge is 2.18. The third-order valence-corrected chi connectivity index (χ3v) is 6.00. The monoisotopic (exact) mass is 434 g/mol. The molecule has 0 bridgehead atoms. The summed E-state index contributed by atoms with van der Waals surface area (Å²) in [4.78, 5) is 27.3. The molecule has 32 heavy (non-hydrogen) atoms. The van der Waals surface area contributed by atoms with E-state index >= 15 is 0 Å². The average Bonchev–Trinajstić information content (AvgIpc) is 2.78. The van der Waals surface area contributed by atoms with Crippen molar-refractivity contribution in [3.63, 3.8) is 0 Å². The molecule has 3 N–H and O–H groups in total. The number of primary amides is 1. The highest BCUT2D eigenvalue weighted by molar-refractivity contribution is 5.96. The Labute approximate surface area is 187 Å². The van der Waals surface area contributed by atoms with E-state index in [2.05, 4.69) is 41.4 Å². The number of nitrogens with one attached hydrogen (secondary N) is 1. The van der Waals surface area contributed by atoms with Crippen LogP contribution in [0.15, 0.2) is 53.5 Å². The van der Waals surface area contributed by atoms with Crippen LogP contribution in [0, 0.1) is 0 Å². The Balaban J connectivity index is 1.68. The van der Waals surface area contributed by atoms with Gasteiger partial charge in [0.05, 0.1) is 17.5 Å². The minimum Gasteiger partial charge on any atom is -0.494 e. The molecule has 1 fully saturated rings.